The molecule has 1 amide bonds. The lowest BCUT2D eigenvalue weighted by molar-refractivity contribution is -0.227. The largest absolute Gasteiger partial charge is 0.416 e. The molecule has 2 aromatic carbocycles. The molecule has 0 aromatic heterocycles. The van der Waals surface area contributed by atoms with E-state index >= 15 is 0 Å². The number of hydrogen-bond acceptors (Lipinski definition) is 5. The summed E-state index contributed by atoms with van der Waals surface area (Å²) in [6.07, 6.45) is -12.5. The van der Waals surface area contributed by atoms with Crippen molar-refractivity contribution >= 4 is 11.7 Å². The Kier molecular flexibility index (Phi) is 9.00. The summed E-state index contributed by atoms with van der Waals surface area (Å²) in [7, 11) is 0. The summed E-state index contributed by atoms with van der Waals surface area (Å²) in [6.45, 7) is 2.86. The highest BCUT2D eigenvalue weighted by Crippen LogP contribution is 2.39. The average Bonchev–Trinajstić information content (AvgIpc) is 2.82. The summed E-state index contributed by atoms with van der Waals surface area (Å²) in [5.74, 6) is -0.980. The Hall–Kier alpha value is -3.23. The van der Waals surface area contributed by atoms with Gasteiger partial charge in [-0.2, -0.15) is 31.4 Å². The molecule has 2 aromatic rings. The van der Waals surface area contributed by atoms with Crippen LogP contribution in [0.3, 0.4) is 0 Å². The number of nitrogens with zero attached hydrogens (tertiary/aromatic N) is 2. The van der Waals surface area contributed by atoms with Gasteiger partial charge in [-0.1, -0.05) is 12.1 Å². The topological polar surface area (TPSA) is 89.2 Å². The zero-order chi connectivity index (χ0) is 28.3. The van der Waals surface area contributed by atoms with Crippen LogP contribution in [-0.2, 0) is 26.6 Å². The smallest absolute Gasteiger partial charge is 0.385 e. The van der Waals surface area contributed by atoms with Crippen molar-refractivity contribution in [2.24, 2.45) is 10.8 Å². The van der Waals surface area contributed by atoms with Gasteiger partial charge in [-0.25, -0.2) is 9.82 Å². The van der Waals surface area contributed by atoms with Crippen LogP contribution in [0.1, 0.15) is 48.2 Å². The minimum atomic E-state index is -5.02. The molecule has 3 atom stereocenters. The van der Waals surface area contributed by atoms with Crippen LogP contribution in [0.4, 0.5) is 30.7 Å². The Bertz CT molecular complexity index is 1120. The zero-order valence-corrected chi connectivity index (χ0v) is 20.2. The molecule has 0 saturated carbocycles. The number of hydrazone groups is 1. The molecule has 38 heavy (non-hydrogen) atoms. The van der Waals surface area contributed by atoms with E-state index in [1.165, 1.54) is 38.1 Å². The van der Waals surface area contributed by atoms with E-state index in [1.54, 1.807) is 4.90 Å². The summed E-state index contributed by atoms with van der Waals surface area (Å²) in [5.41, 5.74) is 5.28. The van der Waals surface area contributed by atoms with Crippen LogP contribution in [0, 0.1) is 5.82 Å². The monoisotopic (exact) mass is 550 g/mol. The number of benzene rings is 2. The highest BCUT2D eigenvalue weighted by molar-refractivity contribution is 5.84. The van der Waals surface area contributed by atoms with E-state index in [-0.39, 0.29) is 37.2 Å². The third kappa shape index (κ3) is 7.65. The van der Waals surface area contributed by atoms with Crippen molar-refractivity contribution in [1.29, 1.82) is 0 Å². The van der Waals surface area contributed by atoms with Gasteiger partial charge in [-0.15, -0.1) is 0 Å². The lowest BCUT2D eigenvalue weighted by Crippen LogP contribution is -2.49. The molecule has 0 aliphatic carbocycles. The van der Waals surface area contributed by atoms with E-state index in [4.69, 9.17) is 15.2 Å². The number of nitrogens with one attached hydrogen (secondary N) is 1. The number of nitrogens with two attached hydrogens (primary N) is 1. The van der Waals surface area contributed by atoms with Gasteiger partial charge in [0.15, 0.2) is 6.29 Å². The standard InChI is InChI=1S/C24H25F7N4O3/c1-13(16-9-17(23(26,27)28)11-18(10-16)24(29,30)31)38-22-21(15-3-5-19(25)6-4-15)35(7-8-37-22)12-20(32)34-33-14(2)36/h3-6,9-11,13,21-22H,7-8,12H2,1-2H3,(H2,32,34)(H,33,36)/t13-,21+,22-/m1/s1. The van der Waals surface area contributed by atoms with Crippen LogP contribution in [0.2, 0.25) is 0 Å². The Morgan fingerprint density at radius 3 is 2.24 bits per heavy atom. The van der Waals surface area contributed by atoms with E-state index in [9.17, 15) is 35.5 Å². The number of rotatable bonds is 7. The maximum absolute atomic E-state index is 13.6. The van der Waals surface area contributed by atoms with Gasteiger partial charge in [0.05, 0.1) is 36.4 Å². The predicted octanol–water partition coefficient (Wildman–Crippen LogP) is 4.75. The molecule has 1 heterocycles. The highest BCUT2D eigenvalue weighted by Gasteiger charge is 2.39. The van der Waals surface area contributed by atoms with Crippen LogP contribution in [0.15, 0.2) is 47.6 Å². The molecule has 1 saturated heterocycles. The number of amidine groups is 1. The quantitative estimate of drug-likeness (QED) is 0.225. The molecule has 0 spiro atoms. The minimum absolute atomic E-state index is 0.00806. The van der Waals surface area contributed by atoms with Gasteiger partial charge in [-0.3, -0.25) is 9.69 Å². The first-order valence-electron chi connectivity index (χ1n) is 11.3. The lowest BCUT2D eigenvalue weighted by atomic mass is 10.0. The van der Waals surface area contributed by atoms with Gasteiger partial charge >= 0.3 is 12.4 Å². The summed E-state index contributed by atoms with van der Waals surface area (Å²) >= 11 is 0. The Balaban J connectivity index is 1.94. The van der Waals surface area contributed by atoms with Crippen molar-refractivity contribution in [2.45, 2.75) is 44.6 Å². The normalized spacial score (nSPS) is 20.3. The molecule has 1 aliphatic heterocycles. The van der Waals surface area contributed by atoms with Crippen LogP contribution in [0.25, 0.3) is 0 Å². The van der Waals surface area contributed by atoms with Gasteiger partial charge in [0.1, 0.15) is 11.7 Å². The second-order valence-electron chi connectivity index (χ2n) is 8.59. The van der Waals surface area contributed by atoms with E-state index in [0.29, 0.717) is 17.7 Å². The molecule has 0 bridgehead atoms. The van der Waals surface area contributed by atoms with Gasteiger partial charge in [0, 0.05) is 13.5 Å². The molecular formula is C24H25F7N4O3. The summed E-state index contributed by atoms with van der Waals surface area (Å²) < 4.78 is 105. The molecule has 0 radical (unpaired) electrons. The third-order valence-electron chi connectivity index (χ3n) is 5.66. The summed E-state index contributed by atoms with van der Waals surface area (Å²) in [4.78, 5) is 12.9. The minimum Gasteiger partial charge on any atom is -0.385 e. The Morgan fingerprint density at radius 2 is 1.71 bits per heavy atom. The van der Waals surface area contributed by atoms with E-state index in [1.807, 2.05) is 0 Å². The molecule has 14 heteroatoms. The van der Waals surface area contributed by atoms with E-state index in [2.05, 4.69) is 10.5 Å². The SMILES string of the molecule is CC(=O)N/N=C(\N)CN1CCO[C@H](O[C@H](C)c2cc(C(F)(F)F)cc(C(F)(F)F)c2)[C@@H]1c1ccc(F)cc1. The van der Waals surface area contributed by atoms with Crippen LogP contribution in [0.5, 0.6) is 0 Å². The summed E-state index contributed by atoms with van der Waals surface area (Å²) in [5, 5.41) is 3.76. The van der Waals surface area contributed by atoms with Gasteiger partial charge in [0.25, 0.3) is 0 Å². The number of halogens is 7. The molecule has 208 valence electrons. The first-order chi connectivity index (χ1) is 17.6. The molecule has 0 unspecified atom stereocenters. The molecule has 7 nitrogen and oxygen atoms in total. The van der Waals surface area contributed by atoms with Crippen LogP contribution in [-0.4, -0.2) is 42.6 Å². The fraction of sp³-hybridized carbons (Fsp3) is 0.417. The number of ether oxygens (including phenoxy) is 2. The fourth-order valence-corrected chi connectivity index (χ4v) is 3.89. The number of morpholine rings is 1. The van der Waals surface area contributed by atoms with Crippen molar-refractivity contribution in [3.63, 3.8) is 0 Å². The molecule has 3 rings (SSSR count). The van der Waals surface area contributed by atoms with Crippen LogP contribution >= 0.6 is 0 Å². The molecule has 3 N–H and O–H groups in total. The Morgan fingerprint density at radius 1 is 1.13 bits per heavy atom. The van der Waals surface area contributed by atoms with Crippen molar-refractivity contribution in [3.8, 4) is 0 Å². The van der Waals surface area contributed by atoms with Gasteiger partial charge < -0.3 is 15.2 Å². The van der Waals surface area contributed by atoms with Crippen molar-refractivity contribution in [1.82, 2.24) is 10.3 Å². The van der Waals surface area contributed by atoms with Gasteiger partial charge in [0.2, 0.25) is 5.91 Å². The molecule has 1 aliphatic rings. The van der Waals surface area contributed by atoms with Crippen LogP contribution < -0.4 is 11.2 Å². The fourth-order valence-electron chi connectivity index (χ4n) is 3.89. The van der Waals surface area contributed by atoms with Crippen molar-refractivity contribution in [2.75, 3.05) is 19.7 Å². The van der Waals surface area contributed by atoms with Crippen molar-refractivity contribution in [3.05, 3.63) is 70.5 Å². The number of hydrogen-bond donors (Lipinski definition) is 2. The van der Waals surface area contributed by atoms with Gasteiger partial charge in [-0.05, 0) is 48.4 Å². The van der Waals surface area contributed by atoms with E-state index < -0.39 is 53.6 Å². The first kappa shape index (κ1) is 29.3. The number of carbonyl (C=O) groups excluding carboxylic acids is 1. The highest BCUT2D eigenvalue weighted by atomic mass is 19.4. The zero-order valence-electron chi connectivity index (χ0n) is 20.2. The van der Waals surface area contributed by atoms with E-state index in [0.717, 1.165) is 0 Å². The third-order valence-corrected chi connectivity index (χ3v) is 5.66. The lowest BCUT2D eigenvalue weighted by Gasteiger charge is -2.41. The number of amides is 1. The second kappa shape index (κ2) is 11.7. The van der Waals surface area contributed by atoms with Crippen molar-refractivity contribution < 1.29 is 45.0 Å². The average molecular weight is 550 g/mol. The maximum atomic E-state index is 13.6. The number of carbonyl (C=O) groups is 1. The predicted molar refractivity (Wildman–Crippen MR) is 122 cm³/mol. The number of alkyl halides is 6. The maximum Gasteiger partial charge on any atom is 0.416 e. The molecule has 1 fully saturated rings. The first-order valence-corrected chi connectivity index (χ1v) is 11.3. The second-order valence-corrected chi connectivity index (χ2v) is 8.59. The summed E-state index contributed by atoms with van der Waals surface area (Å²) in [6, 6.07) is 5.65. The Labute approximate surface area is 213 Å². The molecular weight excluding hydrogens is 525 g/mol.